The van der Waals surface area contributed by atoms with Crippen LogP contribution in [0.25, 0.3) is 10.9 Å². The lowest BCUT2D eigenvalue weighted by Crippen LogP contribution is -2.42. The Bertz CT molecular complexity index is 881. The van der Waals surface area contributed by atoms with E-state index in [4.69, 9.17) is 0 Å². The molecule has 6 nitrogen and oxygen atoms in total. The summed E-state index contributed by atoms with van der Waals surface area (Å²) >= 11 is 0. The highest BCUT2D eigenvalue weighted by atomic mass is 16.4. The number of hydrogen-bond acceptors (Lipinski definition) is 4. The molecule has 0 spiro atoms. The minimum atomic E-state index is -1.10. The standard InChI is InChI=1S/C18H15N3O3/c22-17(13-7-9-19-10-8-13)21-16(18(23)24)11-14-6-5-12-3-1-2-4-15(12)20-14/h1-10,16H,11H2,(H,21,22)(H,23,24)/t16-/m0/s1. The first-order valence-electron chi connectivity index (χ1n) is 7.42. The second-order valence-electron chi connectivity index (χ2n) is 5.30. The lowest BCUT2D eigenvalue weighted by molar-refractivity contribution is -0.139. The Balaban J connectivity index is 1.78. The average molecular weight is 321 g/mol. The van der Waals surface area contributed by atoms with Gasteiger partial charge in [-0.2, -0.15) is 0 Å². The van der Waals surface area contributed by atoms with Gasteiger partial charge in [-0.15, -0.1) is 0 Å². The number of carbonyl (C=O) groups is 2. The maximum atomic E-state index is 12.1. The highest BCUT2D eigenvalue weighted by molar-refractivity contribution is 5.96. The molecule has 1 aromatic carbocycles. The first kappa shape index (κ1) is 15.6. The number of carboxylic acid groups (broad SMARTS) is 1. The summed E-state index contributed by atoms with van der Waals surface area (Å²) in [5.74, 6) is -1.56. The van der Waals surface area contributed by atoms with Gasteiger partial charge in [0.2, 0.25) is 0 Å². The maximum absolute atomic E-state index is 12.1. The van der Waals surface area contributed by atoms with Crippen LogP contribution < -0.4 is 5.32 Å². The first-order valence-corrected chi connectivity index (χ1v) is 7.42. The van der Waals surface area contributed by atoms with E-state index in [1.807, 2.05) is 30.3 Å². The third-order valence-corrected chi connectivity index (χ3v) is 3.62. The Morgan fingerprint density at radius 1 is 1.04 bits per heavy atom. The van der Waals surface area contributed by atoms with Crippen LogP contribution in [0.4, 0.5) is 0 Å². The minimum absolute atomic E-state index is 0.108. The maximum Gasteiger partial charge on any atom is 0.326 e. The Morgan fingerprint density at radius 2 is 1.79 bits per heavy atom. The van der Waals surface area contributed by atoms with E-state index in [0.717, 1.165) is 10.9 Å². The number of aliphatic carboxylic acids is 1. The summed E-state index contributed by atoms with van der Waals surface area (Å²) in [5, 5.41) is 12.9. The molecule has 2 aromatic heterocycles. The topological polar surface area (TPSA) is 92.2 Å². The number of para-hydroxylation sites is 1. The van der Waals surface area contributed by atoms with Crippen molar-refractivity contribution in [3.8, 4) is 0 Å². The molecule has 0 unspecified atom stereocenters. The van der Waals surface area contributed by atoms with Crippen LogP contribution in [-0.2, 0) is 11.2 Å². The number of amides is 1. The Morgan fingerprint density at radius 3 is 2.54 bits per heavy atom. The summed E-state index contributed by atoms with van der Waals surface area (Å²) in [5.41, 5.74) is 1.76. The van der Waals surface area contributed by atoms with Gasteiger partial charge in [-0.1, -0.05) is 24.3 Å². The molecule has 2 heterocycles. The van der Waals surface area contributed by atoms with Crippen molar-refractivity contribution in [1.29, 1.82) is 0 Å². The molecule has 2 N–H and O–H groups in total. The van der Waals surface area contributed by atoms with Gasteiger partial charge in [0.1, 0.15) is 6.04 Å². The molecule has 3 aromatic rings. The fourth-order valence-corrected chi connectivity index (χ4v) is 2.38. The number of benzene rings is 1. The molecule has 0 aliphatic carbocycles. The Kier molecular flexibility index (Phi) is 4.47. The van der Waals surface area contributed by atoms with Gasteiger partial charge < -0.3 is 10.4 Å². The average Bonchev–Trinajstić information content (AvgIpc) is 2.61. The van der Waals surface area contributed by atoms with Crippen LogP contribution in [0, 0.1) is 0 Å². The summed E-state index contributed by atoms with van der Waals surface area (Å²) in [4.78, 5) is 31.9. The van der Waals surface area contributed by atoms with Crippen LogP contribution in [0.3, 0.4) is 0 Å². The fourth-order valence-electron chi connectivity index (χ4n) is 2.38. The van der Waals surface area contributed by atoms with Gasteiger partial charge in [-0.05, 0) is 24.3 Å². The zero-order chi connectivity index (χ0) is 16.9. The molecule has 0 aliphatic rings. The van der Waals surface area contributed by atoms with Crippen molar-refractivity contribution in [3.05, 3.63) is 72.2 Å². The van der Waals surface area contributed by atoms with E-state index in [-0.39, 0.29) is 6.42 Å². The summed E-state index contributed by atoms with van der Waals surface area (Å²) in [6, 6.07) is 13.3. The van der Waals surface area contributed by atoms with E-state index < -0.39 is 17.9 Å². The van der Waals surface area contributed by atoms with Gasteiger partial charge in [0.05, 0.1) is 5.52 Å². The first-order chi connectivity index (χ1) is 11.6. The summed E-state index contributed by atoms with van der Waals surface area (Å²) < 4.78 is 0. The predicted octanol–water partition coefficient (Wildman–Crippen LogP) is 2.06. The minimum Gasteiger partial charge on any atom is -0.480 e. The molecule has 120 valence electrons. The number of nitrogens with one attached hydrogen (secondary N) is 1. The second-order valence-corrected chi connectivity index (χ2v) is 5.30. The summed E-state index contributed by atoms with van der Waals surface area (Å²) in [6.45, 7) is 0. The Hall–Kier alpha value is -3.28. The lowest BCUT2D eigenvalue weighted by atomic mass is 10.1. The van der Waals surface area contributed by atoms with E-state index in [0.29, 0.717) is 11.3 Å². The van der Waals surface area contributed by atoms with Crippen molar-refractivity contribution in [3.63, 3.8) is 0 Å². The molecule has 6 heteroatoms. The molecule has 1 amide bonds. The number of nitrogens with zero attached hydrogens (tertiary/aromatic N) is 2. The smallest absolute Gasteiger partial charge is 0.326 e. The quantitative estimate of drug-likeness (QED) is 0.750. The summed E-state index contributed by atoms with van der Waals surface area (Å²) in [7, 11) is 0. The second kappa shape index (κ2) is 6.87. The van der Waals surface area contributed by atoms with Gasteiger partial charge >= 0.3 is 5.97 Å². The SMILES string of the molecule is O=C(N[C@@H](Cc1ccc2ccccc2n1)C(=O)O)c1ccncc1. The van der Waals surface area contributed by atoms with Crippen LogP contribution in [0.5, 0.6) is 0 Å². The molecule has 0 bridgehead atoms. The fraction of sp³-hybridized carbons (Fsp3) is 0.111. The third kappa shape index (κ3) is 3.55. The Labute approximate surface area is 138 Å². The van der Waals surface area contributed by atoms with E-state index in [1.165, 1.54) is 24.5 Å². The monoisotopic (exact) mass is 321 g/mol. The van der Waals surface area contributed by atoms with Crippen molar-refractivity contribution in [2.75, 3.05) is 0 Å². The molecule has 0 saturated heterocycles. The highest BCUT2D eigenvalue weighted by Gasteiger charge is 2.21. The molecule has 1 atom stereocenters. The van der Waals surface area contributed by atoms with Crippen molar-refractivity contribution < 1.29 is 14.7 Å². The summed E-state index contributed by atoms with van der Waals surface area (Å²) in [6.07, 6.45) is 3.07. The van der Waals surface area contributed by atoms with Crippen LogP contribution in [0.15, 0.2) is 60.9 Å². The lowest BCUT2D eigenvalue weighted by Gasteiger charge is -2.14. The van der Waals surface area contributed by atoms with Crippen molar-refractivity contribution in [2.24, 2.45) is 0 Å². The van der Waals surface area contributed by atoms with Gasteiger partial charge in [-0.3, -0.25) is 14.8 Å². The zero-order valence-corrected chi connectivity index (χ0v) is 12.7. The van der Waals surface area contributed by atoms with Crippen molar-refractivity contribution >= 4 is 22.8 Å². The van der Waals surface area contributed by atoms with E-state index >= 15 is 0 Å². The van der Waals surface area contributed by atoms with E-state index in [1.54, 1.807) is 6.07 Å². The molecule has 0 saturated carbocycles. The number of carboxylic acids is 1. The predicted molar refractivity (Wildman–Crippen MR) is 88.6 cm³/mol. The van der Waals surface area contributed by atoms with Gasteiger partial charge in [0, 0.05) is 35.5 Å². The van der Waals surface area contributed by atoms with Crippen LogP contribution in [-0.4, -0.2) is 33.0 Å². The molecule has 0 radical (unpaired) electrons. The largest absolute Gasteiger partial charge is 0.480 e. The van der Waals surface area contributed by atoms with Gasteiger partial charge in [0.25, 0.3) is 5.91 Å². The van der Waals surface area contributed by atoms with Crippen LogP contribution >= 0.6 is 0 Å². The van der Waals surface area contributed by atoms with Crippen molar-refractivity contribution in [2.45, 2.75) is 12.5 Å². The zero-order valence-electron chi connectivity index (χ0n) is 12.7. The van der Waals surface area contributed by atoms with Crippen LogP contribution in [0.2, 0.25) is 0 Å². The van der Waals surface area contributed by atoms with Gasteiger partial charge in [-0.25, -0.2) is 4.79 Å². The van der Waals surface area contributed by atoms with Crippen LogP contribution in [0.1, 0.15) is 16.1 Å². The number of fused-ring (bicyclic) bond motifs is 1. The molecule has 0 fully saturated rings. The number of rotatable bonds is 5. The highest BCUT2D eigenvalue weighted by Crippen LogP contribution is 2.13. The molecule has 0 aliphatic heterocycles. The number of hydrogen-bond donors (Lipinski definition) is 2. The molecule has 3 rings (SSSR count). The third-order valence-electron chi connectivity index (χ3n) is 3.62. The number of aromatic nitrogens is 2. The van der Waals surface area contributed by atoms with Gasteiger partial charge in [0.15, 0.2) is 0 Å². The van der Waals surface area contributed by atoms with E-state index in [2.05, 4.69) is 15.3 Å². The molecule has 24 heavy (non-hydrogen) atoms. The van der Waals surface area contributed by atoms with E-state index in [9.17, 15) is 14.7 Å². The van der Waals surface area contributed by atoms with Crippen molar-refractivity contribution in [1.82, 2.24) is 15.3 Å². The number of pyridine rings is 2. The molecular weight excluding hydrogens is 306 g/mol. The normalized spacial score (nSPS) is 11.8. The number of carbonyl (C=O) groups excluding carboxylic acids is 1. The molecular formula is C18H15N3O3.